The second kappa shape index (κ2) is 9.84. The fourth-order valence-corrected chi connectivity index (χ4v) is 5.07. The second-order valence-corrected chi connectivity index (χ2v) is 9.57. The van der Waals surface area contributed by atoms with Crippen LogP contribution in [0.1, 0.15) is 56.3 Å². The first-order valence-electron chi connectivity index (χ1n) is 11.2. The van der Waals surface area contributed by atoms with E-state index in [1.165, 1.54) is 35.5 Å². The minimum atomic E-state index is -0.726. The van der Waals surface area contributed by atoms with Crippen LogP contribution in [-0.4, -0.2) is 23.6 Å². The molecule has 0 unspecified atom stereocenters. The van der Waals surface area contributed by atoms with Crippen LogP contribution in [0.4, 0.5) is 0 Å². The van der Waals surface area contributed by atoms with Gasteiger partial charge in [0.25, 0.3) is 5.56 Å². The van der Waals surface area contributed by atoms with Crippen LogP contribution in [0.2, 0.25) is 0 Å². The SMILES string of the molecule is COC(=O)C1=C(C)N=c2sc(=Cc3ccc(C(C)C)cc3)c(=O)n2[C@@H]1c1ccc(OC(C)=O)cc1. The van der Waals surface area contributed by atoms with Gasteiger partial charge in [0, 0.05) is 6.92 Å². The first-order valence-corrected chi connectivity index (χ1v) is 12.0. The lowest BCUT2D eigenvalue weighted by atomic mass is 9.96. The van der Waals surface area contributed by atoms with Crippen LogP contribution in [0.5, 0.6) is 5.75 Å². The standard InChI is InChI=1S/C27H26N2O5S/c1-15(2)19-8-6-18(7-9-19)14-22-25(31)29-24(20-10-12-21(13-11-20)34-17(4)30)23(26(32)33-5)16(3)28-27(29)35-22/h6-15,24H,1-5H3/t24-/m1/s1. The predicted molar refractivity (Wildman–Crippen MR) is 134 cm³/mol. The maximum absolute atomic E-state index is 13.6. The van der Waals surface area contributed by atoms with Crippen molar-refractivity contribution in [1.82, 2.24) is 4.57 Å². The van der Waals surface area contributed by atoms with Gasteiger partial charge in [0.1, 0.15) is 5.75 Å². The molecule has 2 heterocycles. The molecular weight excluding hydrogens is 464 g/mol. The van der Waals surface area contributed by atoms with E-state index < -0.39 is 18.0 Å². The maximum Gasteiger partial charge on any atom is 0.338 e. The Morgan fingerprint density at radius 2 is 1.74 bits per heavy atom. The van der Waals surface area contributed by atoms with Gasteiger partial charge >= 0.3 is 11.9 Å². The molecule has 35 heavy (non-hydrogen) atoms. The molecule has 0 aliphatic carbocycles. The van der Waals surface area contributed by atoms with Crippen LogP contribution in [0.15, 0.2) is 69.6 Å². The van der Waals surface area contributed by atoms with E-state index in [9.17, 15) is 14.4 Å². The molecule has 3 aromatic rings. The van der Waals surface area contributed by atoms with E-state index in [-0.39, 0.29) is 11.1 Å². The molecule has 0 N–H and O–H groups in total. The second-order valence-electron chi connectivity index (χ2n) is 8.56. The van der Waals surface area contributed by atoms with E-state index in [4.69, 9.17) is 9.47 Å². The average molecular weight is 491 g/mol. The number of ether oxygens (including phenoxy) is 2. The lowest BCUT2D eigenvalue weighted by Crippen LogP contribution is -2.39. The van der Waals surface area contributed by atoms with Crippen molar-refractivity contribution in [2.75, 3.05) is 7.11 Å². The van der Waals surface area contributed by atoms with E-state index >= 15 is 0 Å². The van der Waals surface area contributed by atoms with E-state index in [0.29, 0.717) is 32.3 Å². The van der Waals surface area contributed by atoms with Gasteiger partial charge in [-0.25, -0.2) is 9.79 Å². The van der Waals surface area contributed by atoms with Crippen molar-refractivity contribution in [3.05, 3.63) is 96.2 Å². The quantitative estimate of drug-likeness (QED) is 0.404. The maximum atomic E-state index is 13.6. The molecule has 8 heteroatoms. The number of allylic oxidation sites excluding steroid dienone is 1. The zero-order valence-electron chi connectivity index (χ0n) is 20.2. The van der Waals surface area contributed by atoms with Gasteiger partial charge in [-0.2, -0.15) is 0 Å². The minimum Gasteiger partial charge on any atom is -0.466 e. The largest absolute Gasteiger partial charge is 0.466 e. The summed E-state index contributed by atoms with van der Waals surface area (Å²) in [6, 6.07) is 14.1. The molecule has 0 radical (unpaired) electrons. The number of carbonyl (C=O) groups is 2. The summed E-state index contributed by atoms with van der Waals surface area (Å²) in [6.45, 7) is 7.32. The van der Waals surface area contributed by atoms with Crippen LogP contribution in [0.3, 0.4) is 0 Å². The Balaban J connectivity index is 1.86. The first-order chi connectivity index (χ1) is 16.7. The summed E-state index contributed by atoms with van der Waals surface area (Å²) < 4.78 is 12.2. The molecule has 1 aliphatic rings. The molecule has 4 rings (SSSR count). The molecule has 0 saturated heterocycles. The number of hydrogen-bond donors (Lipinski definition) is 0. The molecule has 1 atom stereocenters. The van der Waals surface area contributed by atoms with Crippen molar-refractivity contribution < 1.29 is 19.1 Å². The highest BCUT2D eigenvalue weighted by atomic mass is 32.1. The Hall–Kier alpha value is -3.78. The van der Waals surface area contributed by atoms with Crippen LogP contribution in [0, 0.1) is 0 Å². The summed E-state index contributed by atoms with van der Waals surface area (Å²) >= 11 is 1.27. The summed E-state index contributed by atoms with van der Waals surface area (Å²) in [7, 11) is 1.30. The molecule has 180 valence electrons. The summed E-state index contributed by atoms with van der Waals surface area (Å²) in [6.07, 6.45) is 1.84. The topological polar surface area (TPSA) is 87.0 Å². The van der Waals surface area contributed by atoms with Gasteiger partial charge in [-0.15, -0.1) is 0 Å². The normalized spacial score (nSPS) is 15.6. The Morgan fingerprint density at radius 3 is 2.31 bits per heavy atom. The lowest BCUT2D eigenvalue weighted by molar-refractivity contribution is -0.136. The molecule has 2 aromatic carbocycles. The molecule has 1 aromatic heterocycles. The summed E-state index contributed by atoms with van der Waals surface area (Å²) in [4.78, 5) is 42.7. The Labute approximate surface area is 206 Å². The number of benzene rings is 2. The molecule has 7 nitrogen and oxygen atoms in total. The summed E-state index contributed by atoms with van der Waals surface area (Å²) in [5, 5.41) is 0. The minimum absolute atomic E-state index is 0.246. The number of carbonyl (C=O) groups excluding carboxylic acids is 2. The molecule has 0 spiro atoms. The van der Waals surface area contributed by atoms with Crippen molar-refractivity contribution in [2.45, 2.75) is 39.7 Å². The zero-order chi connectivity index (χ0) is 25.3. The molecule has 0 bridgehead atoms. The monoisotopic (exact) mass is 490 g/mol. The molecule has 0 saturated carbocycles. The van der Waals surface area contributed by atoms with Crippen molar-refractivity contribution >= 4 is 29.4 Å². The van der Waals surface area contributed by atoms with Crippen LogP contribution >= 0.6 is 11.3 Å². The van der Waals surface area contributed by atoms with E-state index in [0.717, 1.165) is 5.56 Å². The number of nitrogens with zero attached hydrogens (tertiary/aromatic N) is 2. The number of rotatable bonds is 5. The third kappa shape index (κ3) is 4.88. The van der Waals surface area contributed by atoms with Crippen LogP contribution in [0.25, 0.3) is 6.08 Å². The Kier molecular flexibility index (Phi) is 6.84. The zero-order valence-corrected chi connectivity index (χ0v) is 21.0. The van der Waals surface area contributed by atoms with Crippen molar-refractivity contribution in [1.29, 1.82) is 0 Å². The highest BCUT2D eigenvalue weighted by Crippen LogP contribution is 2.31. The highest BCUT2D eigenvalue weighted by Gasteiger charge is 2.33. The molecule has 1 aliphatic heterocycles. The lowest BCUT2D eigenvalue weighted by Gasteiger charge is -2.24. The van der Waals surface area contributed by atoms with Crippen molar-refractivity contribution in [2.24, 2.45) is 4.99 Å². The van der Waals surface area contributed by atoms with Crippen LogP contribution in [-0.2, 0) is 14.3 Å². The Morgan fingerprint density at radius 1 is 1.09 bits per heavy atom. The predicted octanol–water partition coefficient (Wildman–Crippen LogP) is 3.46. The highest BCUT2D eigenvalue weighted by molar-refractivity contribution is 7.07. The molecule has 0 fully saturated rings. The van der Waals surface area contributed by atoms with E-state index in [1.54, 1.807) is 31.2 Å². The average Bonchev–Trinajstić information content (AvgIpc) is 3.12. The van der Waals surface area contributed by atoms with Gasteiger partial charge < -0.3 is 9.47 Å². The van der Waals surface area contributed by atoms with Crippen molar-refractivity contribution in [3.63, 3.8) is 0 Å². The smallest absolute Gasteiger partial charge is 0.338 e. The van der Waals surface area contributed by atoms with Gasteiger partial charge in [0.2, 0.25) is 0 Å². The number of thiazole rings is 1. The fraction of sp³-hybridized carbons (Fsp3) is 0.259. The van der Waals surface area contributed by atoms with Gasteiger partial charge in [-0.3, -0.25) is 14.2 Å². The van der Waals surface area contributed by atoms with E-state index in [2.05, 4.69) is 31.0 Å². The number of methoxy groups -OCH3 is 1. The summed E-state index contributed by atoms with van der Waals surface area (Å²) in [5.74, 6) is -0.197. The van der Waals surface area contributed by atoms with Crippen molar-refractivity contribution in [3.8, 4) is 5.75 Å². The number of esters is 2. The summed E-state index contributed by atoms with van der Waals surface area (Å²) in [5.41, 5.74) is 3.33. The van der Waals surface area contributed by atoms with Crippen LogP contribution < -0.4 is 19.6 Å². The Bertz CT molecular complexity index is 1490. The third-order valence-corrected chi connectivity index (χ3v) is 6.77. The molecule has 0 amide bonds. The molecular formula is C27H26N2O5S. The first kappa shape index (κ1) is 24.3. The van der Waals surface area contributed by atoms with Gasteiger partial charge in [-0.1, -0.05) is 61.6 Å². The van der Waals surface area contributed by atoms with E-state index in [1.807, 2.05) is 18.2 Å². The van der Waals surface area contributed by atoms with Gasteiger partial charge in [0.15, 0.2) is 4.80 Å². The number of fused-ring (bicyclic) bond motifs is 1. The van der Waals surface area contributed by atoms with Gasteiger partial charge in [-0.05, 0) is 47.7 Å². The van der Waals surface area contributed by atoms with Gasteiger partial charge in [0.05, 0.1) is 29.0 Å². The fourth-order valence-electron chi connectivity index (χ4n) is 4.02. The number of hydrogen-bond acceptors (Lipinski definition) is 7. The third-order valence-electron chi connectivity index (χ3n) is 5.79. The number of aromatic nitrogens is 1.